The molecule has 3 rings (SSSR count). The molecule has 1 unspecified atom stereocenters. The third-order valence-corrected chi connectivity index (χ3v) is 4.91. The van der Waals surface area contributed by atoms with Gasteiger partial charge < -0.3 is 22.6 Å². The van der Waals surface area contributed by atoms with Crippen LogP contribution in [-0.4, -0.2) is 25.5 Å². The normalized spacial score (nSPS) is 19.1. The van der Waals surface area contributed by atoms with Crippen molar-refractivity contribution < 1.29 is 22.5 Å². The maximum atomic E-state index is 13.4. The minimum absolute atomic E-state index is 0. The number of hydrogen-bond acceptors (Lipinski definition) is 1. The van der Waals surface area contributed by atoms with Crippen LogP contribution < -0.4 is 22.6 Å². The Balaban J connectivity index is 0.00000208. The number of carbonyl (C=O) groups is 1. The Morgan fingerprint density at radius 3 is 2.33 bits per heavy atom. The first-order valence-corrected chi connectivity index (χ1v) is 8.54. The van der Waals surface area contributed by atoms with E-state index < -0.39 is 5.41 Å². The Morgan fingerprint density at radius 2 is 1.67 bits per heavy atom. The van der Waals surface area contributed by atoms with Crippen LogP contribution in [-0.2, 0) is 10.2 Å². The van der Waals surface area contributed by atoms with Gasteiger partial charge in [-0.15, -0.1) is 0 Å². The molecule has 0 saturated carbocycles. The zero-order valence-corrected chi connectivity index (χ0v) is 15.1. The summed E-state index contributed by atoms with van der Waals surface area (Å²) in [4.78, 5) is 15.4. The SMILES string of the molecule is CC[NH2+]CCN1C(=O)C(CC)(c2ccccc2)c2ccccc21.[Cl-]. The molecular formula is C20H25ClN2O. The van der Waals surface area contributed by atoms with E-state index in [0.29, 0.717) is 0 Å². The lowest BCUT2D eigenvalue weighted by atomic mass is 9.73. The topological polar surface area (TPSA) is 36.9 Å². The zero-order valence-electron chi connectivity index (χ0n) is 14.3. The van der Waals surface area contributed by atoms with E-state index in [1.54, 1.807) is 0 Å². The number of benzene rings is 2. The first-order chi connectivity index (χ1) is 11.3. The summed E-state index contributed by atoms with van der Waals surface area (Å²) < 4.78 is 0. The van der Waals surface area contributed by atoms with Gasteiger partial charge in [0.25, 0.3) is 0 Å². The van der Waals surface area contributed by atoms with Crippen molar-refractivity contribution in [1.82, 2.24) is 0 Å². The van der Waals surface area contributed by atoms with Crippen molar-refractivity contribution in [2.75, 3.05) is 24.5 Å². The monoisotopic (exact) mass is 344 g/mol. The minimum Gasteiger partial charge on any atom is -1.00 e. The molecular weight excluding hydrogens is 320 g/mol. The second-order valence-corrected chi connectivity index (χ2v) is 6.08. The fraction of sp³-hybridized carbons (Fsp3) is 0.350. The van der Waals surface area contributed by atoms with Gasteiger partial charge in [0.05, 0.1) is 19.6 Å². The lowest BCUT2D eigenvalue weighted by Gasteiger charge is -2.28. The van der Waals surface area contributed by atoms with Crippen LogP contribution in [0.5, 0.6) is 0 Å². The van der Waals surface area contributed by atoms with Crippen molar-refractivity contribution in [1.29, 1.82) is 0 Å². The number of nitrogens with two attached hydrogens (primary N) is 1. The summed E-state index contributed by atoms with van der Waals surface area (Å²) in [5.74, 6) is 0.219. The molecule has 2 aromatic carbocycles. The van der Waals surface area contributed by atoms with Crippen LogP contribution in [0.15, 0.2) is 54.6 Å². The van der Waals surface area contributed by atoms with Crippen molar-refractivity contribution >= 4 is 11.6 Å². The summed E-state index contributed by atoms with van der Waals surface area (Å²) in [7, 11) is 0. The Labute approximate surface area is 150 Å². The summed E-state index contributed by atoms with van der Waals surface area (Å²) in [5.41, 5.74) is 2.79. The number of quaternary nitrogens is 1. The first-order valence-electron chi connectivity index (χ1n) is 8.54. The van der Waals surface area contributed by atoms with Gasteiger partial charge in [0.2, 0.25) is 5.91 Å². The van der Waals surface area contributed by atoms with Gasteiger partial charge >= 0.3 is 0 Å². The van der Waals surface area contributed by atoms with E-state index in [9.17, 15) is 4.79 Å². The third-order valence-electron chi connectivity index (χ3n) is 4.91. The average molecular weight is 345 g/mol. The van der Waals surface area contributed by atoms with Gasteiger partial charge in [0, 0.05) is 5.69 Å². The molecule has 4 heteroatoms. The maximum Gasteiger partial charge on any atom is 0.242 e. The highest BCUT2D eigenvalue weighted by atomic mass is 35.5. The predicted octanol–water partition coefficient (Wildman–Crippen LogP) is -0.683. The van der Waals surface area contributed by atoms with Crippen LogP contribution in [0.1, 0.15) is 31.4 Å². The highest BCUT2D eigenvalue weighted by Gasteiger charge is 2.50. The fourth-order valence-electron chi connectivity index (χ4n) is 3.72. The number of halogens is 1. The molecule has 24 heavy (non-hydrogen) atoms. The molecule has 1 aliphatic rings. The van der Waals surface area contributed by atoms with Crippen LogP contribution in [0, 0.1) is 0 Å². The molecule has 1 amide bonds. The number of fused-ring (bicyclic) bond motifs is 1. The molecule has 0 bridgehead atoms. The molecule has 0 radical (unpaired) electrons. The molecule has 0 saturated heterocycles. The Morgan fingerprint density at radius 1 is 1.00 bits per heavy atom. The molecule has 1 aliphatic heterocycles. The lowest BCUT2D eigenvalue weighted by Crippen LogP contribution is -3.00. The zero-order chi connectivity index (χ0) is 16.3. The molecule has 0 fully saturated rings. The van der Waals surface area contributed by atoms with E-state index >= 15 is 0 Å². The molecule has 2 aromatic rings. The molecule has 0 spiro atoms. The maximum absolute atomic E-state index is 13.4. The van der Waals surface area contributed by atoms with Gasteiger partial charge in [0.1, 0.15) is 5.41 Å². The number of amides is 1. The van der Waals surface area contributed by atoms with Gasteiger partial charge in [0.15, 0.2) is 0 Å². The summed E-state index contributed by atoms with van der Waals surface area (Å²) >= 11 is 0. The third kappa shape index (κ3) is 2.83. The Kier molecular flexibility index (Phi) is 6.03. The molecule has 1 heterocycles. The van der Waals surface area contributed by atoms with Crippen molar-refractivity contribution in [3.05, 3.63) is 65.7 Å². The molecule has 0 aliphatic carbocycles. The number of rotatable bonds is 6. The molecule has 3 nitrogen and oxygen atoms in total. The number of carbonyl (C=O) groups excluding carboxylic acids is 1. The number of anilines is 1. The summed E-state index contributed by atoms with van der Waals surface area (Å²) in [6.45, 7) is 6.99. The number of likely N-dealkylation sites (N-methyl/N-ethyl adjacent to an activating group) is 1. The van der Waals surface area contributed by atoms with Gasteiger partial charge in [-0.05, 0) is 30.5 Å². The van der Waals surface area contributed by atoms with Gasteiger partial charge in [-0.3, -0.25) is 4.79 Å². The smallest absolute Gasteiger partial charge is 0.242 e. The Hall–Kier alpha value is -1.84. The van der Waals surface area contributed by atoms with Crippen LogP contribution >= 0.6 is 0 Å². The summed E-state index contributed by atoms with van der Waals surface area (Å²) in [5, 5.41) is 2.24. The summed E-state index contributed by atoms with van der Waals surface area (Å²) in [6.07, 6.45) is 0.779. The largest absolute Gasteiger partial charge is 1.00 e. The van der Waals surface area contributed by atoms with Gasteiger partial charge in [-0.25, -0.2) is 0 Å². The van der Waals surface area contributed by atoms with E-state index in [1.165, 1.54) is 0 Å². The second kappa shape index (κ2) is 7.82. The molecule has 2 N–H and O–H groups in total. The average Bonchev–Trinajstić information content (AvgIpc) is 2.85. The van der Waals surface area contributed by atoms with Crippen molar-refractivity contribution in [2.24, 2.45) is 0 Å². The molecule has 128 valence electrons. The van der Waals surface area contributed by atoms with E-state index in [-0.39, 0.29) is 18.3 Å². The standard InChI is InChI=1S/C20H24N2O.ClH/c1-3-20(16-10-6-5-7-11-16)17-12-8-9-13-18(17)22(19(20)23)15-14-21-4-2;/h5-13,21H,3-4,14-15H2,1-2H3;1H. The highest BCUT2D eigenvalue weighted by molar-refractivity contribution is 6.10. The molecule has 1 atom stereocenters. The van der Waals surface area contributed by atoms with Gasteiger partial charge in [-0.2, -0.15) is 0 Å². The highest BCUT2D eigenvalue weighted by Crippen LogP contribution is 2.47. The van der Waals surface area contributed by atoms with E-state index in [4.69, 9.17) is 0 Å². The Bertz CT molecular complexity index is 689. The quantitative estimate of drug-likeness (QED) is 0.693. The lowest BCUT2D eigenvalue weighted by molar-refractivity contribution is -0.649. The van der Waals surface area contributed by atoms with E-state index in [0.717, 1.165) is 42.9 Å². The van der Waals surface area contributed by atoms with Crippen LogP contribution in [0.3, 0.4) is 0 Å². The van der Waals surface area contributed by atoms with Crippen LogP contribution in [0.25, 0.3) is 0 Å². The predicted molar refractivity (Wildman–Crippen MR) is 93.6 cm³/mol. The van der Waals surface area contributed by atoms with Crippen molar-refractivity contribution in [3.63, 3.8) is 0 Å². The van der Waals surface area contributed by atoms with Crippen LogP contribution in [0.2, 0.25) is 0 Å². The molecule has 0 aromatic heterocycles. The summed E-state index contributed by atoms with van der Waals surface area (Å²) in [6, 6.07) is 18.5. The van der Waals surface area contributed by atoms with Crippen molar-refractivity contribution in [3.8, 4) is 0 Å². The van der Waals surface area contributed by atoms with Gasteiger partial charge in [-0.1, -0.05) is 55.5 Å². The minimum atomic E-state index is -0.538. The number of nitrogens with zero attached hydrogens (tertiary/aromatic N) is 1. The second-order valence-electron chi connectivity index (χ2n) is 6.08. The van der Waals surface area contributed by atoms with E-state index in [1.807, 2.05) is 35.2 Å². The number of hydrogen-bond donors (Lipinski definition) is 1. The van der Waals surface area contributed by atoms with E-state index in [2.05, 4.69) is 43.4 Å². The first kappa shape index (κ1) is 18.5. The van der Waals surface area contributed by atoms with Crippen molar-refractivity contribution in [2.45, 2.75) is 25.7 Å². The number of para-hydroxylation sites is 1. The fourth-order valence-corrected chi connectivity index (χ4v) is 3.72. The van der Waals surface area contributed by atoms with Crippen LogP contribution in [0.4, 0.5) is 5.69 Å².